The van der Waals surface area contributed by atoms with Crippen molar-refractivity contribution < 1.29 is 13.2 Å². The fraction of sp³-hybridized carbons (Fsp3) is 0.667. The monoisotopic (exact) mass is 365 g/mol. The van der Waals surface area contributed by atoms with Crippen LogP contribution in [0.25, 0.3) is 0 Å². The number of Topliss-reactive ketones (excluding diaryl/α,β-unsaturated/α-hetero) is 1. The van der Waals surface area contributed by atoms with Crippen LogP contribution in [0, 0.1) is 16.7 Å². The van der Waals surface area contributed by atoms with Crippen LogP contribution in [-0.4, -0.2) is 39.0 Å². The average Bonchev–Trinajstić information content (AvgIpc) is 2.87. The molecular weight excluding hydrogens is 338 g/mol. The molecule has 2 fully saturated rings. The molecule has 2 atom stereocenters. The van der Waals surface area contributed by atoms with Gasteiger partial charge in [0.1, 0.15) is 11.6 Å². The molecule has 2 bridgehead atoms. The zero-order valence-corrected chi connectivity index (χ0v) is 16.2. The molecule has 1 heterocycles. The van der Waals surface area contributed by atoms with Crippen LogP contribution in [0.2, 0.25) is 0 Å². The van der Waals surface area contributed by atoms with E-state index in [1.165, 1.54) is 0 Å². The number of nitrogens with one attached hydrogen (secondary N) is 1. The van der Waals surface area contributed by atoms with Crippen LogP contribution in [0.5, 0.6) is 0 Å². The molecule has 0 radical (unpaired) electrons. The zero-order chi connectivity index (χ0) is 18.5. The van der Waals surface area contributed by atoms with Gasteiger partial charge in [-0.2, -0.15) is 0 Å². The zero-order valence-electron chi connectivity index (χ0n) is 15.4. The smallest absolute Gasteiger partial charge is 0.212 e. The van der Waals surface area contributed by atoms with E-state index in [-0.39, 0.29) is 23.5 Å². The largest absolute Gasteiger partial charge is 0.363 e. The van der Waals surface area contributed by atoms with Crippen LogP contribution in [0.1, 0.15) is 38.7 Å². The second-order valence-electron chi connectivity index (χ2n) is 8.16. The number of carbonyl (C=O) groups is 1. The Kier molecular flexibility index (Phi) is 4.44. The second kappa shape index (κ2) is 6.06. The molecule has 1 N–H and O–H groups in total. The maximum absolute atomic E-state index is 12.7. The average molecular weight is 365 g/mol. The fourth-order valence-electron chi connectivity index (χ4n) is 4.49. The Hall–Kier alpha value is -1.47. The van der Waals surface area contributed by atoms with Crippen LogP contribution in [-0.2, 0) is 21.4 Å². The summed E-state index contributed by atoms with van der Waals surface area (Å²) in [4.78, 5) is 18.6. The van der Waals surface area contributed by atoms with E-state index in [1.807, 2.05) is 25.1 Å². The van der Waals surface area contributed by atoms with Gasteiger partial charge in [0, 0.05) is 38.7 Å². The molecule has 25 heavy (non-hydrogen) atoms. The molecule has 1 aromatic rings. The molecule has 2 aliphatic rings. The van der Waals surface area contributed by atoms with Gasteiger partial charge in [-0.15, -0.1) is 0 Å². The number of hydrogen-bond donors (Lipinski definition) is 1. The van der Waals surface area contributed by atoms with Gasteiger partial charge in [-0.3, -0.25) is 4.79 Å². The van der Waals surface area contributed by atoms with Crippen LogP contribution in [0.4, 0.5) is 5.82 Å². The van der Waals surface area contributed by atoms with Gasteiger partial charge in [-0.1, -0.05) is 13.8 Å². The molecule has 2 saturated carbocycles. The normalized spacial score (nSPS) is 27.7. The topological polar surface area (TPSA) is 79.4 Å². The van der Waals surface area contributed by atoms with Gasteiger partial charge < -0.3 is 4.90 Å². The molecular formula is C18H27N3O3S. The maximum atomic E-state index is 12.7. The first-order valence-electron chi connectivity index (χ1n) is 8.70. The van der Waals surface area contributed by atoms with Crippen molar-refractivity contribution in [2.45, 2.75) is 39.7 Å². The summed E-state index contributed by atoms with van der Waals surface area (Å²) in [6.45, 7) is 4.31. The lowest BCUT2D eigenvalue weighted by Crippen LogP contribution is -2.45. The number of ketones is 1. The quantitative estimate of drug-likeness (QED) is 0.834. The molecule has 2 aliphatic carbocycles. The van der Waals surface area contributed by atoms with Gasteiger partial charge in [0.15, 0.2) is 0 Å². The summed E-state index contributed by atoms with van der Waals surface area (Å²) in [6, 6.07) is 3.65. The number of nitrogens with zero attached hydrogens (tertiary/aromatic N) is 2. The molecule has 0 aliphatic heterocycles. The van der Waals surface area contributed by atoms with E-state index in [0.29, 0.717) is 18.8 Å². The highest BCUT2D eigenvalue weighted by Crippen LogP contribution is 2.64. The van der Waals surface area contributed by atoms with E-state index in [9.17, 15) is 13.2 Å². The van der Waals surface area contributed by atoms with Crippen LogP contribution >= 0.6 is 0 Å². The Labute approximate surface area is 150 Å². The predicted octanol–water partition coefficient (Wildman–Crippen LogP) is 1.96. The van der Waals surface area contributed by atoms with Crippen molar-refractivity contribution in [2.75, 3.05) is 24.7 Å². The third kappa shape index (κ3) is 3.08. The summed E-state index contributed by atoms with van der Waals surface area (Å²) in [7, 11) is 0.228. The van der Waals surface area contributed by atoms with Crippen molar-refractivity contribution in [1.82, 2.24) is 9.71 Å². The number of rotatable bonds is 6. The lowest BCUT2D eigenvalue weighted by atomic mass is 9.70. The van der Waals surface area contributed by atoms with Gasteiger partial charge >= 0.3 is 0 Å². The molecule has 138 valence electrons. The number of anilines is 1. The number of carbonyl (C=O) groups excluding carboxylic acids is 1. The van der Waals surface area contributed by atoms with Crippen LogP contribution in [0.3, 0.4) is 0 Å². The number of sulfonamides is 1. The Balaban J connectivity index is 1.73. The molecule has 1 aromatic heterocycles. The number of pyridine rings is 1. The molecule has 0 saturated heterocycles. The Morgan fingerprint density at radius 2 is 2.08 bits per heavy atom. The fourth-order valence-corrected chi connectivity index (χ4v) is 6.31. The van der Waals surface area contributed by atoms with E-state index in [0.717, 1.165) is 17.8 Å². The Morgan fingerprint density at radius 1 is 1.36 bits per heavy atom. The minimum Gasteiger partial charge on any atom is -0.363 e. The van der Waals surface area contributed by atoms with Crippen LogP contribution < -0.4 is 9.62 Å². The first-order chi connectivity index (χ1) is 11.6. The van der Waals surface area contributed by atoms with Crippen molar-refractivity contribution >= 4 is 21.6 Å². The minimum atomic E-state index is -3.55. The number of hydrogen-bond acceptors (Lipinski definition) is 5. The third-order valence-corrected chi connectivity index (χ3v) is 7.80. The predicted molar refractivity (Wildman–Crippen MR) is 97.8 cm³/mol. The van der Waals surface area contributed by atoms with Gasteiger partial charge in [0.25, 0.3) is 0 Å². The standard InChI is InChI=1S/C18H27N3O3S/c1-17(2)14-5-7-18(17,15(22)10-14)12-25(23,24)20-11-13-6-8-19-16(9-13)21(3)4/h6,8-9,14,20H,5,7,10-12H2,1-4H3/t14-,18-/m0/s1. The maximum Gasteiger partial charge on any atom is 0.212 e. The first-order valence-corrected chi connectivity index (χ1v) is 10.4. The van der Waals surface area contributed by atoms with Gasteiger partial charge in [-0.25, -0.2) is 18.1 Å². The van der Waals surface area contributed by atoms with Crippen LogP contribution in [0.15, 0.2) is 18.3 Å². The number of aromatic nitrogens is 1. The summed E-state index contributed by atoms with van der Waals surface area (Å²) in [5.41, 5.74) is -0.120. The molecule has 0 aromatic carbocycles. The van der Waals surface area contributed by atoms with Crippen molar-refractivity contribution in [2.24, 2.45) is 16.7 Å². The SMILES string of the molecule is CN(C)c1cc(CNS(=O)(=O)C[C@@]23CC[C@@H](CC2=O)C3(C)C)ccn1. The van der Waals surface area contributed by atoms with Gasteiger partial charge in [-0.05, 0) is 41.9 Å². The summed E-state index contributed by atoms with van der Waals surface area (Å²) >= 11 is 0. The van der Waals surface area contributed by atoms with E-state index < -0.39 is 15.4 Å². The van der Waals surface area contributed by atoms with Gasteiger partial charge in [0.05, 0.1) is 5.75 Å². The summed E-state index contributed by atoms with van der Waals surface area (Å²) in [6.07, 6.45) is 3.83. The molecule has 6 nitrogen and oxygen atoms in total. The number of fused-ring (bicyclic) bond motifs is 2. The highest BCUT2D eigenvalue weighted by atomic mass is 32.2. The van der Waals surface area contributed by atoms with Crippen molar-refractivity contribution in [1.29, 1.82) is 0 Å². The van der Waals surface area contributed by atoms with E-state index in [1.54, 1.807) is 12.3 Å². The highest BCUT2D eigenvalue weighted by molar-refractivity contribution is 7.89. The summed E-state index contributed by atoms with van der Waals surface area (Å²) in [5.74, 6) is 1.12. The van der Waals surface area contributed by atoms with E-state index in [2.05, 4.69) is 23.6 Å². The molecule has 0 spiro atoms. The molecule has 0 amide bonds. The molecule has 7 heteroatoms. The third-order valence-electron chi connectivity index (χ3n) is 6.34. The lowest BCUT2D eigenvalue weighted by molar-refractivity contribution is -0.128. The highest BCUT2D eigenvalue weighted by Gasteiger charge is 2.65. The van der Waals surface area contributed by atoms with Crippen molar-refractivity contribution in [3.05, 3.63) is 23.9 Å². The summed E-state index contributed by atoms with van der Waals surface area (Å²) in [5, 5.41) is 0. The second-order valence-corrected chi connectivity index (χ2v) is 9.97. The first kappa shape index (κ1) is 18.3. The van der Waals surface area contributed by atoms with E-state index in [4.69, 9.17) is 0 Å². The van der Waals surface area contributed by atoms with Gasteiger partial charge in [0.2, 0.25) is 10.0 Å². The molecule has 0 unspecified atom stereocenters. The molecule has 3 rings (SSSR count). The summed E-state index contributed by atoms with van der Waals surface area (Å²) < 4.78 is 28.1. The van der Waals surface area contributed by atoms with E-state index >= 15 is 0 Å². The minimum absolute atomic E-state index is 0.103. The Bertz CT molecular complexity index is 789. The Morgan fingerprint density at radius 3 is 2.64 bits per heavy atom. The lowest BCUT2D eigenvalue weighted by Gasteiger charge is -2.36. The van der Waals surface area contributed by atoms with Crippen molar-refractivity contribution in [3.63, 3.8) is 0 Å². The van der Waals surface area contributed by atoms with Crippen molar-refractivity contribution in [3.8, 4) is 0 Å².